The fourth-order valence-corrected chi connectivity index (χ4v) is 3.23. The number of aryl methyl sites for hydroxylation is 1. The summed E-state index contributed by atoms with van der Waals surface area (Å²) in [6.07, 6.45) is 3.41. The van der Waals surface area contributed by atoms with Gasteiger partial charge in [0.05, 0.1) is 18.4 Å². The zero-order valence-electron chi connectivity index (χ0n) is 16.3. The molecular weight excluding hydrogens is 446 g/mol. The topological polar surface area (TPSA) is 69.3 Å². The van der Waals surface area contributed by atoms with Gasteiger partial charge in [0.25, 0.3) is 5.91 Å². The van der Waals surface area contributed by atoms with Crippen LogP contribution in [0.3, 0.4) is 0 Å². The van der Waals surface area contributed by atoms with Crippen LogP contribution in [0.1, 0.15) is 27.4 Å². The number of nitrogens with one attached hydrogen (secondary N) is 1. The fourth-order valence-electron chi connectivity index (χ4n) is 2.97. The average molecular weight is 466 g/mol. The van der Waals surface area contributed by atoms with E-state index in [1.54, 1.807) is 29.2 Å². The molecule has 0 saturated carbocycles. The van der Waals surface area contributed by atoms with Crippen LogP contribution in [0.5, 0.6) is 5.75 Å². The molecule has 152 valence electrons. The predicted octanol–water partition coefficient (Wildman–Crippen LogP) is 5.43. The van der Waals surface area contributed by atoms with Gasteiger partial charge in [0, 0.05) is 10.7 Å². The van der Waals surface area contributed by atoms with E-state index in [9.17, 15) is 4.79 Å². The molecule has 2 aromatic carbocycles. The van der Waals surface area contributed by atoms with Crippen molar-refractivity contribution in [3.8, 4) is 5.75 Å². The van der Waals surface area contributed by atoms with E-state index in [1.165, 1.54) is 5.56 Å². The highest BCUT2D eigenvalue weighted by molar-refractivity contribution is 9.10. The Morgan fingerprint density at radius 2 is 2.00 bits per heavy atom. The minimum Gasteiger partial charge on any atom is -0.486 e. The Bertz CT molecular complexity index is 1150. The van der Waals surface area contributed by atoms with Gasteiger partial charge >= 0.3 is 0 Å². The van der Waals surface area contributed by atoms with Crippen molar-refractivity contribution < 1.29 is 13.9 Å². The third-order valence-corrected chi connectivity index (χ3v) is 4.93. The summed E-state index contributed by atoms with van der Waals surface area (Å²) in [4.78, 5) is 12.5. The first-order valence-corrected chi connectivity index (χ1v) is 10.2. The molecule has 4 aromatic rings. The van der Waals surface area contributed by atoms with Gasteiger partial charge in [-0.2, -0.15) is 5.10 Å². The Balaban J connectivity index is 1.33. The molecule has 4 rings (SSSR count). The van der Waals surface area contributed by atoms with Crippen LogP contribution in [-0.4, -0.2) is 15.7 Å². The molecule has 2 heterocycles. The van der Waals surface area contributed by atoms with Gasteiger partial charge in [0.1, 0.15) is 18.1 Å². The lowest BCUT2D eigenvalue weighted by molar-refractivity contribution is 0.0992. The van der Waals surface area contributed by atoms with Gasteiger partial charge in [-0.25, -0.2) is 0 Å². The monoisotopic (exact) mass is 465 g/mol. The highest BCUT2D eigenvalue weighted by atomic mass is 79.9. The summed E-state index contributed by atoms with van der Waals surface area (Å²) in [5, 5.41) is 7.12. The summed E-state index contributed by atoms with van der Waals surface area (Å²) < 4.78 is 14.0. The number of anilines is 1. The van der Waals surface area contributed by atoms with Gasteiger partial charge in [-0.1, -0.05) is 45.8 Å². The number of hydrogen-bond donors (Lipinski definition) is 1. The number of carbonyl (C=O) groups is 1. The number of carbonyl (C=O) groups excluding carboxylic acids is 1. The molecular formula is C23H20BrN3O3. The number of benzene rings is 2. The molecule has 0 spiro atoms. The molecule has 0 aliphatic rings. The highest BCUT2D eigenvalue weighted by Crippen LogP contribution is 2.19. The molecule has 0 fully saturated rings. The van der Waals surface area contributed by atoms with Gasteiger partial charge in [-0.3, -0.25) is 9.48 Å². The van der Waals surface area contributed by atoms with Crippen molar-refractivity contribution in [3.05, 3.63) is 100 Å². The summed E-state index contributed by atoms with van der Waals surface area (Å²) in [6, 6.07) is 19.1. The van der Waals surface area contributed by atoms with Gasteiger partial charge in [0.15, 0.2) is 5.76 Å². The van der Waals surface area contributed by atoms with Crippen LogP contribution >= 0.6 is 15.9 Å². The summed E-state index contributed by atoms with van der Waals surface area (Å²) in [6.45, 7) is 2.93. The number of nitrogens with zero attached hydrogens (tertiary/aromatic N) is 2. The van der Waals surface area contributed by atoms with Crippen LogP contribution in [0, 0.1) is 6.92 Å². The molecule has 2 aromatic heterocycles. The molecule has 0 bridgehead atoms. The smallest absolute Gasteiger partial charge is 0.291 e. The second-order valence-corrected chi connectivity index (χ2v) is 7.79. The van der Waals surface area contributed by atoms with E-state index in [-0.39, 0.29) is 18.3 Å². The Morgan fingerprint density at radius 3 is 2.80 bits per heavy atom. The lowest BCUT2D eigenvalue weighted by atomic mass is 10.1. The van der Waals surface area contributed by atoms with Gasteiger partial charge < -0.3 is 14.5 Å². The standard InChI is InChI=1S/C23H20BrN3O3/c1-16-3-2-4-17(11-16)13-27-14-19(12-25-27)26-23(28)22-10-9-21(30-22)15-29-20-7-5-18(24)6-8-20/h2-12,14H,13,15H2,1H3,(H,26,28). The van der Waals surface area contributed by atoms with Crippen molar-refractivity contribution in [1.29, 1.82) is 0 Å². The summed E-state index contributed by atoms with van der Waals surface area (Å²) in [5.41, 5.74) is 2.96. The van der Waals surface area contributed by atoms with E-state index >= 15 is 0 Å². The summed E-state index contributed by atoms with van der Waals surface area (Å²) in [5.74, 6) is 1.18. The number of halogens is 1. The molecule has 1 amide bonds. The van der Waals surface area contributed by atoms with Crippen LogP contribution in [0.15, 0.2) is 81.9 Å². The number of amides is 1. The Kier molecular flexibility index (Phi) is 5.99. The highest BCUT2D eigenvalue weighted by Gasteiger charge is 2.13. The van der Waals surface area contributed by atoms with E-state index in [2.05, 4.69) is 45.4 Å². The number of ether oxygens (including phenoxy) is 1. The first-order chi connectivity index (χ1) is 14.5. The maximum Gasteiger partial charge on any atom is 0.291 e. The largest absolute Gasteiger partial charge is 0.486 e. The lowest BCUT2D eigenvalue weighted by Crippen LogP contribution is -2.10. The molecule has 0 atom stereocenters. The number of aromatic nitrogens is 2. The Labute approximate surface area is 182 Å². The molecule has 6 nitrogen and oxygen atoms in total. The van der Waals surface area contributed by atoms with Gasteiger partial charge in [-0.05, 0) is 48.9 Å². The van der Waals surface area contributed by atoms with E-state index in [0.29, 0.717) is 18.0 Å². The number of furan rings is 1. The normalized spacial score (nSPS) is 10.7. The first kappa shape index (κ1) is 20.0. The molecule has 30 heavy (non-hydrogen) atoms. The van der Waals surface area contributed by atoms with E-state index in [4.69, 9.17) is 9.15 Å². The van der Waals surface area contributed by atoms with E-state index in [0.717, 1.165) is 15.8 Å². The Hall–Kier alpha value is -3.32. The second kappa shape index (κ2) is 9.00. The number of rotatable bonds is 7. The molecule has 0 aliphatic heterocycles. The van der Waals surface area contributed by atoms with Crippen molar-refractivity contribution in [2.45, 2.75) is 20.1 Å². The third kappa shape index (κ3) is 5.18. The van der Waals surface area contributed by atoms with Crippen molar-refractivity contribution in [1.82, 2.24) is 9.78 Å². The summed E-state index contributed by atoms with van der Waals surface area (Å²) >= 11 is 3.38. The van der Waals surface area contributed by atoms with Crippen LogP contribution in [0.25, 0.3) is 0 Å². The van der Waals surface area contributed by atoms with Crippen molar-refractivity contribution in [3.63, 3.8) is 0 Å². The maximum atomic E-state index is 12.5. The fraction of sp³-hybridized carbons (Fsp3) is 0.130. The van der Waals surface area contributed by atoms with Crippen LogP contribution < -0.4 is 10.1 Å². The summed E-state index contributed by atoms with van der Waals surface area (Å²) in [7, 11) is 0. The molecule has 0 radical (unpaired) electrons. The minimum absolute atomic E-state index is 0.218. The molecule has 1 N–H and O–H groups in total. The quantitative estimate of drug-likeness (QED) is 0.395. The first-order valence-electron chi connectivity index (χ1n) is 9.41. The van der Waals surface area contributed by atoms with Crippen LogP contribution in [0.4, 0.5) is 5.69 Å². The van der Waals surface area contributed by atoms with Crippen molar-refractivity contribution in [2.24, 2.45) is 0 Å². The zero-order valence-corrected chi connectivity index (χ0v) is 17.9. The van der Waals surface area contributed by atoms with Crippen molar-refractivity contribution >= 4 is 27.5 Å². The molecule has 0 aliphatic carbocycles. The van der Waals surface area contributed by atoms with Crippen molar-refractivity contribution in [2.75, 3.05) is 5.32 Å². The molecule has 7 heteroatoms. The lowest BCUT2D eigenvalue weighted by Gasteiger charge is -2.04. The molecule has 0 unspecified atom stereocenters. The Morgan fingerprint density at radius 1 is 1.17 bits per heavy atom. The molecule has 0 saturated heterocycles. The maximum absolute atomic E-state index is 12.5. The third-order valence-electron chi connectivity index (χ3n) is 4.40. The predicted molar refractivity (Wildman–Crippen MR) is 118 cm³/mol. The van der Waals surface area contributed by atoms with Crippen LogP contribution in [-0.2, 0) is 13.2 Å². The van der Waals surface area contributed by atoms with E-state index < -0.39 is 0 Å². The van der Waals surface area contributed by atoms with Gasteiger partial charge in [-0.15, -0.1) is 0 Å². The zero-order chi connectivity index (χ0) is 20.9. The van der Waals surface area contributed by atoms with Gasteiger partial charge in [0.2, 0.25) is 0 Å². The van der Waals surface area contributed by atoms with Crippen LogP contribution in [0.2, 0.25) is 0 Å². The SMILES string of the molecule is Cc1cccc(Cn2cc(NC(=O)c3ccc(COc4ccc(Br)cc4)o3)cn2)c1. The average Bonchev–Trinajstić information content (AvgIpc) is 3.37. The van der Waals surface area contributed by atoms with E-state index in [1.807, 2.05) is 36.4 Å². The minimum atomic E-state index is -0.333. The number of hydrogen-bond acceptors (Lipinski definition) is 4. The second-order valence-electron chi connectivity index (χ2n) is 6.88.